The highest BCUT2D eigenvalue weighted by molar-refractivity contribution is 4.84. The van der Waals surface area contributed by atoms with E-state index in [-0.39, 0.29) is 0 Å². The molecule has 2 fully saturated rings. The van der Waals surface area contributed by atoms with Crippen LogP contribution in [0.4, 0.5) is 0 Å². The van der Waals surface area contributed by atoms with Gasteiger partial charge >= 0.3 is 0 Å². The van der Waals surface area contributed by atoms with E-state index in [4.69, 9.17) is 0 Å². The van der Waals surface area contributed by atoms with Crippen LogP contribution in [0.3, 0.4) is 0 Å². The maximum atomic E-state index is 2.31. The number of rotatable bonds is 7. The molecule has 0 aromatic rings. The summed E-state index contributed by atoms with van der Waals surface area (Å²) >= 11 is 0. The van der Waals surface area contributed by atoms with E-state index in [2.05, 4.69) is 6.92 Å². The Morgan fingerprint density at radius 2 is 1.67 bits per heavy atom. The molecule has 0 radical (unpaired) electrons. The maximum Gasteiger partial charge on any atom is -0.0383 e. The first-order valence-corrected chi connectivity index (χ1v) is 7.40. The molecule has 0 amide bonds. The van der Waals surface area contributed by atoms with Gasteiger partial charge in [0.25, 0.3) is 0 Å². The lowest BCUT2D eigenvalue weighted by atomic mass is 9.65. The SMILES string of the molecule is CCCCCCC1CCC1CC1CCC1. The molecule has 2 aliphatic rings. The number of hydrogen-bond donors (Lipinski definition) is 0. The van der Waals surface area contributed by atoms with Crippen LogP contribution >= 0.6 is 0 Å². The van der Waals surface area contributed by atoms with Gasteiger partial charge in [-0.15, -0.1) is 0 Å². The Hall–Kier alpha value is 0. The Bertz CT molecular complexity index is 169. The molecule has 0 bridgehead atoms. The van der Waals surface area contributed by atoms with Crippen LogP contribution in [0.25, 0.3) is 0 Å². The summed E-state index contributed by atoms with van der Waals surface area (Å²) in [5.74, 6) is 3.44. The maximum absolute atomic E-state index is 2.31. The summed E-state index contributed by atoms with van der Waals surface area (Å²) in [6.07, 6.45) is 16.8. The second-order valence-electron chi connectivity index (χ2n) is 5.98. The van der Waals surface area contributed by atoms with Crippen molar-refractivity contribution in [3.05, 3.63) is 0 Å². The Morgan fingerprint density at radius 1 is 0.867 bits per heavy atom. The fourth-order valence-electron chi connectivity index (χ4n) is 3.32. The standard InChI is InChI=1S/C15H28/c1-2-3-4-5-9-14-10-11-15(14)12-13-7-6-8-13/h13-15H,2-12H2,1H3. The lowest BCUT2D eigenvalue weighted by Gasteiger charge is -2.41. The van der Waals surface area contributed by atoms with E-state index in [0.29, 0.717) is 0 Å². The largest absolute Gasteiger partial charge is 0.0654 e. The predicted molar refractivity (Wildman–Crippen MR) is 66.9 cm³/mol. The molecule has 2 atom stereocenters. The summed E-state index contributed by atoms with van der Waals surface area (Å²) in [5.41, 5.74) is 0. The second-order valence-corrected chi connectivity index (χ2v) is 5.98. The predicted octanol–water partition coefficient (Wildman–Crippen LogP) is 5.17. The Labute approximate surface area is 95.8 Å². The monoisotopic (exact) mass is 208 g/mol. The van der Waals surface area contributed by atoms with Crippen molar-refractivity contribution in [2.45, 2.75) is 77.6 Å². The zero-order valence-corrected chi connectivity index (χ0v) is 10.5. The molecule has 2 aliphatic carbocycles. The van der Waals surface area contributed by atoms with E-state index in [1.54, 1.807) is 38.5 Å². The van der Waals surface area contributed by atoms with Crippen molar-refractivity contribution in [2.75, 3.05) is 0 Å². The van der Waals surface area contributed by atoms with Crippen LogP contribution in [0.2, 0.25) is 0 Å². The average Bonchev–Trinajstić information content (AvgIpc) is 2.14. The molecule has 0 aliphatic heterocycles. The fourth-order valence-corrected chi connectivity index (χ4v) is 3.32. The fraction of sp³-hybridized carbons (Fsp3) is 1.00. The van der Waals surface area contributed by atoms with Crippen LogP contribution in [0.15, 0.2) is 0 Å². The second kappa shape index (κ2) is 5.92. The number of unbranched alkanes of at least 4 members (excludes halogenated alkanes) is 3. The first kappa shape index (κ1) is 11.5. The molecule has 0 N–H and O–H groups in total. The van der Waals surface area contributed by atoms with Crippen molar-refractivity contribution in [2.24, 2.45) is 17.8 Å². The Morgan fingerprint density at radius 3 is 2.20 bits per heavy atom. The quantitative estimate of drug-likeness (QED) is 0.506. The van der Waals surface area contributed by atoms with E-state index < -0.39 is 0 Å². The van der Waals surface area contributed by atoms with Crippen LogP contribution in [0, 0.1) is 17.8 Å². The van der Waals surface area contributed by atoms with E-state index in [1.807, 2.05) is 0 Å². The summed E-state index contributed by atoms with van der Waals surface area (Å²) in [6, 6.07) is 0. The third kappa shape index (κ3) is 3.23. The van der Waals surface area contributed by atoms with Gasteiger partial charge in [-0.25, -0.2) is 0 Å². The van der Waals surface area contributed by atoms with Crippen LogP contribution in [0.5, 0.6) is 0 Å². The normalized spacial score (nSPS) is 31.0. The average molecular weight is 208 g/mol. The molecule has 15 heavy (non-hydrogen) atoms. The van der Waals surface area contributed by atoms with Gasteiger partial charge in [0, 0.05) is 0 Å². The van der Waals surface area contributed by atoms with Gasteiger partial charge in [-0.05, 0) is 37.0 Å². The first-order chi connectivity index (χ1) is 7.40. The molecule has 88 valence electrons. The van der Waals surface area contributed by atoms with Gasteiger partial charge in [-0.1, -0.05) is 58.3 Å². The van der Waals surface area contributed by atoms with Gasteiger partial charge in [0.05, 0.1) is 0 Å². The smallest absolute Gasteiger partial charge is 0.0383 e. The summed E-state index contributed by atoms with van der Waals surface area (Å²) in [7, 11) is 0. The lowest BCUT2D eigenvalue weighted by Crippen LogP contribution is -2.29. The minimum absolute atomic E-state index is 1.14. The summed E-state index contributed by atoms with van der Waals surface area (Å²) < 4.78 is 0. The van der Waals surface area contributed by atoms with Crippen molar-refractivity contribution in [1.29, 1.82) is 0 Å². The van der Waals surface area contributed by atoms with Crippen molar-refractivity contribution in [3.8, 4) is 0 Å². The van der Waals surface area contributed by atoms with Crippen molar-refractivity contribution in [1.82, 2.24) is 0 Å². The first-order valence-electron chi connectivity index (χ1n) is 7.40. The zero-order chi connectivity index (χ0) is 10.5. The molecule has 0 heterocycles. The highest BCUT2D eigenvalue weighted by atomic mass is 14.4. The van der Waals surface area contributed by atoms with Gasteiger partial charge in [-0.3, -0.25) is 0 Å². The van der Waals surface area contributed by atoms with Gasteiger partial charge in [0.2, 0.25) is 0 Å². The summed E-state index contributed by atoms with van der Waals surface area (Å²) in [4.78, 5) is 0. The zero-order valence-electron chi connectivity index (χ0n) is 10.5. The highest BCUT2D eigenvalue weighted by Gasteiger charge is 2.33. The molecule has 0 aromatic carbocycles. The summed E-state index contributed by atoms with van der Waals surface area (Å²) in [5, 5.41) is 0. The van der Waals surface area contributed by atoms with Crippen LogP contribution < -0.4 is 0 Å². The molecule has 2 saturated carbocycles. The van der Waals surface area contributed by atoms with Crippen molar-refractivity contribution in [3.63, 3.8) is 0 Å². The molecule has 2 unspecified atom stereocenters. The van der Waals surface area contributed by atoms with E-state index >= 15 is 0 Å². The van der Waals surface area contributed by atoms with Crippen molar-refractivity contribution < 1.29 is 0 Å². The minimum Gasteiger partial charge on any atom is -0.0654 e. The topological polar surface area (TPSA) is 0 Å². The van der Waals surface area contributed by atoms with Crippen molar-refractivity contribution >= 4 is 0 Å². The molecule has 0 heteroatoms. The van der Waals surface area contributed by atoms with Crippen LogP contribution in [-0.4, -0.2) is 0 Å². The molecular formula is C15H28. The van der Waals surface area contributed by atoms with Crippen LogP contribution in [-0.2, 0) is 0 Å². The molecule has 0 aromatic heterocycles. The summed E-state index contributed by atoms with van der Waals surface area (Å²) in [6.45, 7) is 2.31. The van der Waals surface area contributed by atoms with Crippen LogP contribution in [0.1, 0.15) is 77.6 Å². The molecule has 0 nitrogen and oxygen atoms in total. The van der Waals surface area contributed by atoms with E-state index in [1.165, 1.54) is 32.1 Å². The Kier molecular flexibility index (Phi) is 4.53. The van der Waals surface area contributed by atoms with E-state index in [0.717, 1.165) is 17.8 Å². The van der Waals surface area contributed by atoms with Gasteiger partial charge in [-0.2, -0.15) is 0 Å². The van der Waals surface area contributed by atoms with Gasteiger partial charge in [0.15, 0.2) is 0 Å². The third-order valence-corrected chi connectivity index (χ3v) is 4.86. The highest BCUT2D eigenvalue weighted by Crippen LogP contribution is 2.45. The molecule has 2 rings (SSSR count). The molecular weight excluding hydrogens is 180 g/mol. The van der Waals surface area contributed by atoms with E-state index in [9.17, 15) is 0 Å². The lowest BCUT2D eigenvalue weighted by molar-refractivity contribution is 0.105. The minimum atomic E-state index is 1.14. The van der Waals surface area contributed by atoms with Gasteiger partial charge in [0.1, 0.15) is 0 Å². The third-order valence-electron chi connectivity index (χ3n) is 4.86. The number of hydrogen-bond acceptors (Lipinski definition) is 0. The molecule has 0 saturated heterocycles. The Balaban J connectivity index is 1.53. The van der Waals surface area contributed by atoms with Gasteiger partial charge < -0.3 is 0 Å². The molecule has 0 spiro atoms.